The van der Waals surface area contributed by atoms with Crippen molar-refractivity contribution in [3.63, 3.8) is 0 Å². The summed E-state index contributed by atoms with van der Waals surface area (Å²) >= 11 is 0. The van der Waals surface area contributed by atoms with E-state index in [0.29, 0.717) is 0 Å². The third kappa shape index (κ3) is 20.5. The molecule has 0 unspecified atom stereocenters. The molecule has 0 fully saturated rings. The number of nitrogens with zero attached hydrogens (tertiary/aromatic N) is 2. The fraction of sp³-hybridized carbons (Fsp3) is 0.633. The molecule has 0 saturated carbocycles. The fourth-order valence-corrected chi connectivity index (χ4v) is 6.79. The van der Waals surface area contributed by atoms with E-state index in [1.165, 1.54) is 143 Å². The normalized spacial score (nSPS) is 12.3. The van der Waals surface area contributed by atoms with Crippen molar-refractivity contribution in [1.82, 2.24) is 0 Å². The predicted octanol–water partition coefficient (Wildman–Crippen LogP) is 16.7. The second kappa shape index (κ2) is 33.6. The number of allylic oxidation sites excluding steroid dienone is 2. The molecular weight excluding hydrogens is 675 g/mol. The Kier molecular flexibility index (Phi) is 32.3. The molecule has 0 spiro atoms. The molecule has 0 saturated heterocycles. The summed E-state index contributed by atoms with van der Waals surface area (Å²) in [6.07, 6.45) is 32.1. The van der Waals surface area contributed by atoms with Gasteiger partial charge in [0.05, 0.1) is 0 Å². The Morgan fingerprint density at radius 1 is 0.481 bits per heavy atom. The van der Waals surface area contributed by atoms with Crippen LogP contribution in [0.2, 0.25) is 0 Å². The molecule has 0 aromatic heterocycles. The van der Waals surface area contributed by atoms with Crippen molar-refractivity contribution in [2.45, 2.75) is 202 Å². The van der Waals surface area contributed by atoms with Crippen molar-refractivity contribution >= 4 is 11.4 Å². The number of aryl methyl sites for hydroxylation is 2. The van der Waals surface area contributed by atoms with Gasteiger partial charge in [-0.3, -0.25) is 0 Å². The molecule has 3 rings (SSSR count). The first kappa shape index (κ1) is 50.0. The van der Waals surface area contributed by atoms with Crippen LogP contribution in [0, 0.1) is 13.8 Å². The molecule has 1 aliphatic rings. The van der Waals surface area contributed by atoms with Crippen LogP contribution in [0.1, 0.15) is 211 Å². The summed E-state index contributed by atoms with van der Waals surface area (Å²) in [7, 11) is 0. The van der Waals surface area contributed by atoms with Crippen molar-refractivity contribution in [2.24, 2.45) is 0 Å². The predicted molar refractivity (Wildman–Crippen MR) is 229 cm³/mol. The largest absolute Gasteiger partial charge is 2.00 e. The Morgan fingerprint density at radius 3 is 1.25 bits per heavy atom. The minimum atomic E-state index is 0. The SMILES string of the molecule is CCCCC1=C(c2cccc(CCCC)c2)[N+](=[N-])C(c2cccc(CCCC)c2)=C1C.[CH2-]CCCCCCCCC.[CH2-]CCCCCCCCC.[Ni+2]. The van der Waals surface area contributed by atoms with E-state index >= 15 is 0 Å². The average molecular weight is 756 g/mol. The molecule has 0 atom stereocenters. The smallest absolute Gasteiger partial charge is 0.493 e. The first-order chi connectivity index (χ1) is 24.9. The quantitative estimate of drug-likeness (QED) is 0.0417. The van der Waals surface area contributed by atoms with Crippen molar-refractivity contribution in [3.05, 3.63) is 101 Å². The molecule has 0 radical (unpaired) electrons. The summed E-state index contributed by atoms with van der Waals surface area (Å²) in [5.41, 5.74) is 20.8. The Balaban J connectivity index is 0.00000102. The van der Waals surface area contributed by atoms with E-state index in [4.69, 9.17) is 0 Å². The Hall–Kier alpha value is -1.99. The summed E-state index contributed by atoms with van der Waals surface area (Å²) in [5.74, 6) is 0. The van der Waals surface area contributed by atoms with Crippen LogP contribution in [0.5, 0.6) is 0 Å². The minimum Gasteiger partial charge on any atom is -0.493 e. The molecule has 1 aliphatic heterocycles. The van der Waals surface area contributed by atoms with Crippen LogP contribution in [0.4, 0.5) is 0 Å². The molecule has 52 heavy (non-hydrogen) atoms. The number of hydrogen-bond acceptors (Lipinski definition) is 0. The van der Waals surface area contributed by atoms with Gasteiger partial charge in [-0.05, 0) is 80.8 Å². The zero-order valence-corrected chi connectivity index (χ0v) is 35.9. The molecule has 0 N–H and O–H groups in total. The van der Waals surface area contributed by atoms with Crippen LogP contribution in [0.3, 0.4) is 0 Å². The molecule has 2 nitrogen and oxygen atoms in total. The summed E-state index contributed by atoms with van der Waals surface area (Å²) in [6.45, 7) is 21.0. The van der Waals surface area contributed by atoms with Crippen molar-refractivity contribution in [2.75, 3.05) is 0 Å². The van der Waals surface area contributed by atoms with Crippen molar-refractivity contribution in [3.8, 4) is 0 Å². The zero-order chi connectivity index (χ0) is 37.5. The summed E-state index contributed by atoms with van der Waals surface area (Å²) in [5, 5.41) is 0. The van der Waals surface area contributed by atoms with Gasteiger partial charge >= 0.3 is 16.5 Å². The minimum absolute atomic E-state index is 0. The fourth-order valence-electron chi connectivity index (χ4n) is 6.79. The average Bonchev–Trinajstić information content (AvgIpc) is 3.40. The second-order valence-electron chi connectivity index (χ2n) is 14.8. The molecular formula is C49H80N2Ni. The first-order valence-electron chi connectivity index (χ1n) is 21.6. The molecule has 0 aliphatic carbocycles. The van der Waals surface area contributed by atoms with Gasteiger partial charge in [-0.2, -0.15) is 12.8 Å². The van der Waals surface area contributed by atoms with Crippen LogP contribution in [-0.2, 0) is 29.3 Å². The van der Waals surface area contributed by atoms with E-state index in [1.807, 2.05) is 0 Å². The second-order valence-corrected chi connectivity index (χ2v) is 14.8. The summed E-state index contributed by atoms with van der Waals surface area (Å²) in [6, 6.07) is 17.5. The van der Waals surface area contributed by atoms with E-state index in [0.717, 1.165) is 67.5 Å². The van der Waals surface area contributed by atoms with Gasteiger partial charge in [0.2, 0.25) is 11.4 Å². The molecule has 2 aromatic rings. The Labute approximate surface area is 334 Å². The summed E-state index contributed by atoms with van der Waals surface area (Å²) < 4.78 is 1.47. The maximum Gasteiger partial charge on any atom is 2.00 e. The Morgan fingerprint density at radius 2 is 0.846 bits per heavy atom. The monoisotopic (exact) mass is 755 g/mol. The van der Waals surface area contributed by atoms with Crippen molar-refractivity contribution < 1.29 is 21.2 Å². The Bertz CT molecular complexity index is 1210. The van der Waals surface area contributed by atoms with Gasteiger partial charge in [-0.1, -0.05) is 168 Å². The molecule has 2 aromatic carbocycles. The van der Waals surface area contributed by atoms with E-state index < -0.39 is 0 Å². The van der Waals surface area contributed by atoms with E-state index in [2.05, 4.69) is 104 Å². The number of rotatable bonds is 25. The zero-order valence-electron chi connectivity index (χ0n) is 34.9. The topological polar surface area (TPSA) is 25.3 Å². The van der Waals surface area contributed by atoms with E-state index in [-0.39, 0.29) is 16.5 Å². The number of unbranched alkanes of at least 4 members (excludes halogenated alkanes) is 17. The van der Waals surface area contributed by atoms with Gasteiger partial charge in [0, 0.05) is 22.3 Å². The van der Waals surface area contributed by atoms with Gasteiger partial charge in [0.25, 0.3) is 0 Å². The van der Waals surface area contributed by atoms with Gasteiger partial charge in [0.1, 0.15) is 0 Å². The van der Waals surface area contributed by atoms with Gasteiger partial charge in [-0.15, -0.1) is 0 Å². The first-order valence-corrected chi connectivity index (χ1v) is 21.6. The maximum atomic E-state index is 11.4. The van der Waals surface area contributed by atoms with E-state index in [1.54, 1.807) is 0 Å². The van der Waals surface area contributed by atoms with Crippen LogP contribution in [-0.4, -0.2) is 4.70 Å². The van der Waals surface area contributed by atoms with Gasteiger partial charge < -0.3 is 19.4 Å². The van der Waals surface area contributed by atoms with Crippen LogP contribution < -0.4 is 0 Å². The molecule has 0 bridgehead atoms. The van der Waals surface area contributed by atoms with Gasteiger partial charge in [-0.25, -0.2) is 4.70 Å². The number of hydrogen-bond donors (Lipinski definition) is 0. The van der Waals surface area contributed by atoms with E-state index in [9.17, 15) is 5.53 Å². The molecule has 3 heteroatoms. The van der Waals surface area contributed by atoms with Crippen LogP contribution >= 0.6 is 0 Å². The van der Waals surface area contributed by atoms with Gasteiger partial charge in [0.15, 0.2) is 0 Å². The molecule has 296 valence electrons. The summed E-state index contributed by atoms with van der Waals surface area (Å²) in [4.78, 5) is 0. The maximum absolute atomic E-state index is 11.4. The molecule has 0 amide bonds. The standard InChI is InChI=1S/C29H38N2.2C10H21.Ni/c1-5-8-13-23-15-11-17-25(20-23)28-22(4)27(19-10-7-3)29(31(28)30)26-18-12-16-24(21-26)14-9-6-2;2*1-3-5-7-9-10-8-6-4-2;/h11-12,15-18,20-21H,5-10,13-14,19H2,1-4H3;2*1,3-10H2,2H3;/q;2*-1;+2. The van der Waals surface area contributed by atoms with Crippen LogP contribution in [0.25, 0.3) is 16.9 Å². The van der Waals surface area contributed by atoms with Crippen LogP contribution in [0.15, 0.2) is 59.7 Å². The van der Waals surface area contributed by atoms with Crippen molar-refractivity contribution in [1.29, 1.82) is 0 Å². The molecule has 1 heterocycles. The third-order valence-electron chi connectivity index (χ3n) is 10.0. The third-order valence-corrected chi connectivity index (χ3v) is 10.0. The number of benzene rings is 2.